The number of nitrogens with zero attached hydrogens (tertiary/aromatic N) is 1. The van der Waals surface area contributed by atoms with E-state index in [0.717, 1.165) is 4.57 Å². The minimum atomic E-state index is -2.13. The van der Waals surface area contributed by atoms with Crippen molar-refractivity contribution in [3.63, 3.8) is 0 Å². The van der Waals surface area contributed by atoms with Gasteiger partial charge in [-0.2, -0.15) is 0 Å². The molecule has 1 saturated heterocycles. The monoisotopic (exact) mass is 400 g/mol. The van der Waals surface area contributed by atoms with Crippen LogP contribution in [0.5, 0.6) is 0 Å². The predicted octanol–water partition coefficient (Wildman–Crippen LogP) is 1.12. The zero-order chi connectivity index (χ0) is 20.7. The van der Waals surface area contributed by atoms with E-state index in [1.807, 2.05) is 0 Å². The summed E-state index contributed by atoms with van der Waals surface area (Å²) in [6.45, 7) is 14.6. The number of aromatic nitrogens is 2. The van der Waals surface area contributed by atoms with Gasteiger partial charge in [-0.25, -0.2) is 4.79 Å². The Hall–Kier alpha value is -1.26. The molecule has 0 bridgehead atoms. The molecule has 8 nitrogen and oxygen atoms in total. The molecule has 0 amide bonds. The summed E-state index contributed by atoms with van der Waals surface area (Å²) in [4.78, 5) is 25.8. The second-order valence-electron chi connectivity index (χ2n) is 8.72. The molecule has 1 aromatic heterocycles. The van der Waals surface area contributed by atoms with E-state index in [2.05, 4.69) is 45.8 Å². The molecule has 2 rings (SSSR count). The molecule has 1 aromatic rings. The SMILES string of the molecule is Cc1cn([C@@H]2O[C@H](CO[Si](C)(C)C(C)(C)C(C)C)[C@@H](O)[C@H]2O)c(=O)[nH]c1=O. The maximum atomic E-state index is 12.1. The molecule has 0 saturated carbocycles. The van der Waals surface area contributed by atoms with E-state index in [-0.39, 0.29) is 11.6 Å². The van der Waals surface area contributed by atoms with Gasteiger partial charge in [-0.1, -0.05) is 27.7 Å². The summed E-state index contributed by atoms with van der Waals surface area (Å²) in [5.74, 6) is 0.426. The van der Waals surface area contributed by atoms with Crippen molar-refractivity contribution in [2.75, 3.05) is 6.61 Å². The molecule has 27 heavy (non-hydrogen) atoms. The molecule has 0 unspecified atom stereocenters. The van der Waals surface area contributed by atoms with E-state index in [4.69, 9.17) is 9.16 Å². The Balaban J connectivity index is 2.17. The smallest absolute Gasteiger partial charge is 0.330 e. The van der Waals surface area contributed by atoms with Crippen molar-refractivity contribution in [3.8, 4) is 0 Å². The lowest BCUT2D eigenvalue weighted by molar-refractivity contribution is -0.0534. The third-order valence-electron chi connectivity index (χ3n) is 6.36. The minimum absolute atomic E-state index is 0.00153. The van der Waals surface area contributed by atoms with Gasteiger partial charge in [-0.15, -0.1) is 0 Å². The summed E-state index contributed by atoms with van der Waals surface area (Å²) in [6.07, 6.45) is -3.02. The summed E-state index contributed by atoms with van der Waals surface area (Å²) in [7, 11) is -2.13. The molecule has 1 aliphatic heterocycles. The number of H-pyrrole nitrogens is 1. The first-order valence-electron chi connectivity index (χ1n) is 9.27. The number of aryl methyl sites for hydroxylation is 1. The van der Waals surface area contributed by atoms with Gasteiger partial charge in [-0.3, -0.25) is 14.3 Å². The summed E-state index contributed by atoms with van der Waals surface area (Å²) in [6, 6.07) is 0. The third kappa shape index (κ3) is 4.12. The highest BCUT2D eigenvalue weighted by Crippen LogP contribution is 2.45. The lowest BCUT2D eigenvalue weighted by Gasteiger charge is -2.43. The lowest BCUT2D eigenvalue weighted by Crippen LogP contribution is -2.47. The van der Waals surface area contributed by atoms with Crippen LogP contribution in [0.2, 0.25) is 18.1 Å². The number of aliphatic hydroxyl groups excluding tert-OH is 2. The number of hydrogen-bond acceptors (Lipinski definition) is 6. The van der Waals surface area contributed by atoms with Crippen LogP contribution in [0.1, 0.15) is 39.5 Å². The molecular weight excluding hydrogens is 368 g/mol. The topological polar surface area (TPSA) is 114 Å². The van der Waals surface area contributed by atoms with E-state index in [9.17, 15) is 19.8 Å². The number of aliphatic hydroxyl groups is 2. The molecule has 4 atom stereocenters. The van der Waals surface area contributed by atoms with Gasteiger partial charge >= 0.3 is 5.69 Å². The van der Waals surface area contributed by atoms with Crippen LogP contribution in [0.4, 0.5) is 0 Å². The Kier molecular flexibility index (Phi) is 6.23. The lowest BCUT2D eigenvalue weighted by atomic mass is 9.99. The average Bonchev–Trinajstić information content (AvgIpc) is 2.84. The van der Waals surface area contributed by atoms with Crippen LogP contribution >= 0.6 is 0 Å². The molecule has 0 spiro atoms. The molecule has 1 aliphatic rings. The van der Waals surface area contributed by atoms with Gasteiger partial charge in [0.15, 0.2) is 14.5 Å². The fraction of sp³-hybridized carbons (Fsp3) is 0.778. The van der Waals surface area contributed by atoms with Crippen LogP contribution in [0.15, 0.2) is 15.8 Å². The van der Waals surface area contributed by atoms with Crippen molar-refractivity contribution in [3.05, 3.63) is 32.6 Å². The number of rotatable bonds is 6. The molecule has 0 radical (unpaired) electrons. The van der Waals surface area contributed by atoms with Gasteiger partial charge in [0.25, 0.3) is 5.56 Å². The quantitative estimate of drug-likeness (QED) is 0.617. The predicted molar refractivity (Wildman–Crippen MR) is 104 cm³/mol. The second-order valence-corrected chi connectivity index (χ2v) is 13.3. The molecular formula is C18H32N2O6Si. The normalized spacial score (nSPS) is 26.7. The zero-order valence-electron chi connectivity index (χ0n) is 17.1. The molecule has 1 fully saturated rings. The van der Waals surface area contributed by atoms with Crippen LogP contribution in [0.3, 0.4) is 0 Å². The molecule has 9 heteroatoms. The van der Waals surface area contributed by atoms with E-state index < -0.39 is 44.1 Å². The first kappa shape index (κ1) is 22.0. The third-order valence-corrected chi connectivity index (χ3v) is 10.9. The van der Waals surface area contributed by atoms with Crippen molar-refractivity contribution >= 4 is 8.32 Å². The Morgan fingerprint density at radius 2 is 1.89 bits per heavy atom. The Labute approximate surface area is 160 Å². The van der Waals surface area contributed by atoms with Gasteiger partial charge in [-0.05, 0) is 31.0 Å². The first-order chi connectivity index (χ1) is 12.3. The summed E-state index contributed by atoms with van der Waals surface area (Å²) in [5.41, 5.74) is -0.876. The zero-order valence-corrected chi connectivity index (χ0v) is 18.1. The van der Waals surface area contributed by atoms with Crippen molar-refractivity contribution < 1.29 is 19.4 Å². The fourth-order valence-corrected chi connectivity index (χ4v) is 5.39. The van der Waals surface area contributed by atoms with Crippen molar-refractivity contribution in [2.45, 2.75) is 77.3 Å². The Morgan fingerprint density at radius 3 is 2.44 bits per heavy atom. The Bertz CT molecular complexity index is 785. The van der Waals surface area contributed by atoms with Crippen LogP contribution in [-0.2, 0) is 9.16 Å². The van der Waals surface area contributed by atoms with E-state index >= 15 is 0 Å². The van der Waals surface area contributed by atoms with Crippen molar-refractivity contribution in [1.82, 2.24) is 9.55 Å². The van der Waals surface area contributed by atoms with E-state index in [1.54, 1.807) is 6.92 Å². The molecule has 0 aromatic carbocycles. The van der Waals surface area contributed by atoms with Crippen LogP contribution in [0.25, 0.3) is 0 Å². The number of nitrogens with one attached hydrogen (secondary N) is 1. The molecule has 3 N–H and O–H groups in total. The van der Waals surface area contributed by atoms with Crippen LogP contribution < -0.4 is 11.2 Å². The number of hydrogen-bond donors (Lipinski definition) is 3. The minimum Gasteiger partial charge on any atom is -0.414 e. The van der Waals surface area contributed by atoms with Crippen LogP contribution in [0, 0.1) is 12.8 Å². The van der Waals surface area contributed by atoms with Gasteiger partial charge in [0, 0.05) is 11.8 Å². The summed E-state index contributed by atoms with van der Waals surface area (Å²) < 4.78 is 13.1. The highest BCUT2D eigenvalue weighted by atomic mass is 28.4. The number of ether oxygens (including phenoxy) is 1. The Morgan fingerprint density at radius 1 is 1.30 bits per heavy atom. The number of aromatic amines is 1. The fourth-order valence-electron chi connectivity index (χ4n) is 3.04. The van der Waals surface area contributed by atoms with Crippen LogP contribution in [-0.4, -0.2) is 53.0 Å². The maximum absolute atomic E-state index is 12.1. The van der Waals surface area contributed by atoms with Gasteiger partial charge in [0.2, 0.25) is 0 Å². The van der Waals surface area contributed by atoms with Crippen molar-refractivity contribution in [2.24, 2.45) is 5.92 Å². The highest BCUT2D eigenvalue weighted by molar-refractivity contribution is 6.74. The maximum Gasteiger partial charge on any atom is 0.330 e. The average molecular weight is 401 g/mol. The first-order valence-corrected chi connectivity index (χ1v) is 12.2. The highest BCUT2D eigenvalue weighted by Gasteiger charge is 2.47. The second kappa shape index (κ2) is 7.63. The summed E-state index contributed by atoms with van der Waals surface area (Å²) >= 11 is 0. The largest absolute Gasteiger partial charge is 0.414 e. The van der Waals surface area contributed by atoms with E-state index in [1.165, 1.54) is 6.20 Å². The van der Waals surface area contributed by atoms with Gasteiger partial charge < -0.3 is 19.4 Å². The standard InChI is InChI=1S/C18H32N2O6Si/c1-10(2)18(4,5)27(6,7)25-9-12-13(21)14(22)16(26-12)20-8-11(3)15(23)19-17(20)24/h8,10,12-14,16,21-22H,9H2,1-7H3,(H,19,23,24)/t12-,13-,14-,16-/m1/s1. The summed E-state index contributed by atoms with van der Waals surface area (Å²) in [5, 5.41) is 20.8. The molecule has 154 valence electrons. The molecule has 0 aliphatic carbocycles. The van der Waals surface area contributed by atoms with Gasteiger partial charge in [0.05, 0.1) is 6.61 Å². The van der Waals surface area contributed by atoms with Gasteiger partial charge in [0.1, 0.15) is 18.3 Å². The van der Waals surface area contributed by atoms with Crippen molar-refractivity contribution in [1.29, 1.82) is 0 Å². The molecule has 2 heterocycles. The van der Waals surface area contributed by atoms with E-state index in [0.29, 0.717) is 11.5 Å².